The highest BCUT2D eigenvalue weighted by atomic mass is 16.5. The monoisotopic (exact) mass is 442 g/mol. The summed E-state index contributed by atoms with van der Waals surface area (Å²) in [5.41, 5.74) is 1.91. The van der Waals surface area contributed by atoms with Crippen LogP contribution in [0.15, 0.2) is 54.6 Å². The molecule has 1 aliphatic heterocycles. The fraction of sp³-hybridized carbons (Fsp3) is 0.375. The lowest BCUT2D eigenvalue weighted by atomic mass is 9.95. The molecule has 32 heavy (non-hydrogen) atoms. The lowest BCUT2D eigenvalue weighted by Gasteiger charge is -2.42. The van der Waals surface area contributed by atoms with Gasteiger partial charge in [0.1, 0.15) is 12.4 Å². The first-order valence-corrected chi connectivity index (χ1v) is 10.4. The van der Waals surface area contributed by atoms with E-state index in [1.54, 1.807) is 12.0 Å². The van der Waals surface area contributed by atoms with Gasteiger partial charge in [0.15, 0.2) is 6.10 Å². The molecule has 1 fully saturated rings. The molecule has 1 aliphatic rings. The fourth-order valence-corrected chi connectivity index (χ4v) is 3.77. The van der Waals surface area contributed by atoms with Crippen molar-refractivity contribution in [3.05, 3.63) is 65.7 Å². The third-order valence-electron chi connectivity index (χ3n) is 5.10. The van der Waals surface area contributed by atoms with Gasteiger partial charge in [-0.05, 0) is 37.5 Å². The second-order valence-corrected chi connectivity index (χ2v) is 7.44. The van der Waals surface area contributed by atoms with Gasteiger partial charge in [0.25, 0.3) is 12.4 Å². The molecule has 172 valence electrons. The number of carbonyl (C=O) groups excluding carboxylic acids is 2. The molecule has 0 saturated carbocycles. The van der Waals surface area contributed by atoms with E-state index in [9.17, 15) is 9.59 Å². The van der Waals surface area contributed by atoms with E-state index in [0.29, 0.717) is 13.0 Å². The zero-order valence-electron chi connectivity index (χ0n) is 18.6. The molecular weight excluding hydrogens is 412 g/mol. The van der Waals surface area contributed by atoms with Gasteiger partial charge in [-0.2, -0.15) is 0 Å². The van der Waals surface area contributed by atoms with Gasteiger partial charge in [-0.3, -0.25) is 14.4 Å². The number of amides is 2. The molecule has 8 heteroatoms. The van der Waals surface area contributed by atoms with Crippen molar-refractivity contribution >= 4 is 18.3 Å². The van der Waals surface area contributed by atoms with E-state index >= 15 is 0 Å². The normalized spacial score (nSPS) is 17.9. The van der Waals surface area contributed by atoms with Gasteiger partial charge >= 0.3 is 0 Å². The Balaban J connectivity index is 0.00000114. The van der Waals surface area contributed by atoms with E-state index in [-0.39, 0.29) is 30.9 Å². The number of morpholine rings is 1. The number of rotatable bonds is 7. The number of hydrogen-bond donors (Lipinski definition) is 2. The molecule has 3 rings (SSSR count). The van der Waals surface area contributed by atoms with Crippen LogP contribution < -0.4 is 10.1 Å². The van der Waals surface area contributed by atoms with Crippen LogP contribution in [0.1, 0.15) is 31.0 Å². The van der Waals surface area contributed by atoms with Crippen LogP contribution in [-0.2, 0) is 25.5 Å². The van der Waals surface area contributed by atoms with E-state index < -0.39 is 12.1 Å². The summed E-state index contributed by atoms with van der Waals surface area (Å²) < 4.78 is 11.1. The Bertz CT molecular complexity index is 887. The van der Waals surface area contributed by atoms with Crippen LogP contribution >= 0.6 is 0 Å². The summed E-state index contributed by atoms with van der Waals surface area (Å²) in [6, 6.07) is 16.8. The predicted octanol–water partition coefficient (Wildman–Crippen LogP) is 2.43. The van der Waals surface area contributed by atoms with Crippen molar-refractivity contribution in [1.82, 2.24) is 10.2 Å². The summed E-state index contributed by atoms with van der Waals surface area (Å²) in [5.74, 6) is 0.480. The van der Waals surface area contributed by atoms with Gasteiger partial charge < -0.3 is 24.8 Å². The Labute approximate surface area is 188 Å². The zero-order valence-corrected chi connectivity index (χ0v) is 18.6. The maximum absolute atomic E-state index is 13.0. The number of hydrogen-bond acceptors (Lipinski definition) is 5. The Hall–Kier alpha value is -3.39. The van der Waals surface area contributed by atoms with E-state index in [1.807, 2.05) is 68.4 Å². The van der Waals surface area contributed by atoms with Crippen molar-refractivity contribution in [2.45, 2.75) is 38.5 Å². The highest BCUT2D eigenvalue weighted by molar-refractivity contribution is 5.86. The molecule has 8 nitrogen and oxygen atoms in total. The third-order valence-corrected chi connectivity index (χ3v) is 5.10. The fourth-order valence-electron chi connectivity index (χ4n) is 3.77. The summed E-state index contributed by atoms with van der Waals surface area (Å²) in [4.78, 5) is 35.6. The van der Waals surface area contributed by atoms with Gasteiger partial charge in [0.05, 0.1) is 13.2 Å². The Morgan fingerprint density at radius 3 is 2.47 bits per heavy atom. The van der Waals surface area contributed by atoms with Crippen molar-refractivity contribution < 1.29 is 29.0 Å². The predicted molar refractivity (Wildman–Crippen MR) is 119 cm³/mol. The molecule has 2 aromatic rings. The lowest BCUT2D eigenvalue weighted by molar-refractivity contribution is -0.167. The van der Waals surface area contributed by atoms with Crippen LogP contribution in [0, 0.1) is 0 Å². The second kappa shape index (κ2) is 12.5. The molecule has 2 atom stereocenters. The van der Waals surface area contributed by atoms with Crippen LogP contribution in [0.5, 0.6) is 5.75 Å². The number of carboxylic acid groups (broad SMARTS) is 1. The molecule has 2 N–H and O–H groups in total. The van der Waals surface area contributed by atoms with Gasteiger partial charge in [0, 0.05) is 12.6 Å². The molecule has 0 radical (unpaired) electrons. The molecule has 0 unspecified atom stereocenters. The highest BCUT2D eigenvalue weighted by Crippen LogP contribution is 2.32. The molecule has 0 aromatic heterocycles. The molecule has 1 saturated heterocycles. The average Bonchev–Trinajstić information content (AvgIpc) is 2.80. The maximum Gasteiger partial charge on any atom is 0.290 e. The molecule has 1 heterocycles. The quantitative estimate of drug-likeness (QED) is 0.638. The standard InChI is InChI=1S/C23H28N2O4.CH2O2/c1-16(2)25-20(26)15-29-22(21(25)18-10-5-4-6-11-18)23(27)24-14-13-17-9-7-8-12-19(17)28-3;2-1-3/h4-12,16,21-22H,13-15H2,1-3H3,(H,24,27);1H,(H,2,3)/t21-,22+;/m1./s1. The Morgan fingerprint density at radius 2 is 1.84 bits per heavy atom. The lowest BCUT2D eigenvalue weighted by Crippen LogP contribution is -2.56. The number of para-hydroxylation sites is 1. The van der Waals surface area contributed by atoms with Gasteiger partial charge in [-0.25, -0.2) is 0 Å². The Morgan fingerprint density at radius 1 is 1.22 bits per heavy atom. The number of ether oxygens (including phenoxy) is 2. The molecule has 0 aliphatic carbocycles. The van der Waals surface area contributed by atoms with Crippen molar-refractivity contribution in [2.75, 3.05) is 20.3 Å². The van der Waals surface area contributed by atoms with Crippen LogP contribution in [0.3, 0.4) is 0 Å². The molecular formula is C24H30N2O6. The van der Waals surface area contributed by atoms with E-state index in [4.69, 9.17) is 19.4 Å². The first kappa shape index (κ1) is 24.9. The summed E-state index contributed by atoms with van der Waals surface area (Å²) in [7, 11) is 1.63. The number of carbonyl (C=O) groups is 3. The minimum atomic E-state index is -0.754. The highest BCUT2D eigenvalue weighted by Gasteiger charge is 2.42. The number of nitrogens with zero attached hydrogens (tertiary/aromatic N) is 1. The minimum absolute atomic E-state index is 0.0412. The van der Waals surface area contributed by atoms with Crippen molar-refractivity contribution in [1.29, 1.82) is 0 Å². The topological polar surface area (TPSA) is 105 Å². The summed E-state index contributed by atoms with van der Waals surface area (Å²) >= 11 is 0. The van der Waals surface area contributed by atoms with E-state index in [1.165, 1.54) is 0 Å². The zero-order chi connectivity index (χ0) is 23.5. The van der Waals surface area contributed by atoms with Crippen LogP contribution in [-0.4, -0.2) is 60.7 Å². The average molecular weight is 443 g/mol. The molecule has 0 bridgehead atoms. The third kappa shape index (κ3) is 6.31. The molecule has 0 spiro atoms. The van der Waals surface area contributed by atoms with Gasteiger partial charge in [0.2, 0.25) is 5.91 Å². The summed E-state index contributed by atoms with van der Waals surface area (Å²) in [5, 5.41) is 9.86. The number of benzene rings is 2. The molecule has 2 amide bonds. The maximum atomic E-state index is 13.0. The van der Waals surface area contributed by atoms with Crippen LogP contribution in [0.25, 0.3) is 0 Å². The van der Waals surface area contributed by atoms with E-state index in [2.05, 4.69) is 5.32 Å². The first-order chi connectivity index (χ1) is 15.4. The minimum Gasteiger partial charge on any atom is -0.496 e. The first-order valence-electron chi connectivity index (χ1n) is 10.4. The smallest absolute Gasteiger partial charge is 0.290 e. The van der Waals surface area contributed by atoms with Gasteiger partial charge in [-0.1, -0.05) is 48.5 Å². The SMILES string of the molecule is COc1ccccc1CCNC(=O)[C@H]1OCC(=O)N(C(C)C)[C@@H]1c1ccccc1.O=CO. The second-order valence-electron chi connectivity index (χ2n) is 7.44. The Kier molecular flexibility index (Phi) is 9.69. The van der Waals surface area contributed by atoms with Crippen molar-refractivity contribution in [3.8, 4) is 5.75 Å². The van der Waals surface area contributed by atoms with E-state index in [0.717, 1.165) is 16.9 Å². The van der Waals surface area contributed by atoms with Crippen molar-refractivity contribution in [2.24, 2.45) is 0 Å². The van der Waals surface area contributed by atoms with Crippen LogP contribution in [0.2, 0.25) is 0 Å². The summed E-state index contributed by atoms with van der Waals surface area (Å²) in [6.45, 7) is 4.02. The number of methoxy groups -OCH3 is 1. The summed E-state index contributed by atoms with van der Waals surface area (Å²) in [6.07, 6.45) is -0.110. The van der Waals surface area contributed by atoms with Crippen LogP contribution in [0.4, 0.5) is 0 Å². The van der Waals surface area contributed by atoms with Crippen molar-refractivity contribution in [3.63, 3.8) is 0 Å². The molecule has 2 aromatic carbocycles. The van der Waals surface area contributed by atoms with Gasteiger partial charge in [-0.15, -0.1) is 0 Å². The number of nitrogens with one attached hydrogen (secondary N) is 1. The largest absolute Gasteiger partial charge is 0.496 e.